The lowest BCUT2D eigenvalue weighted by Crippen LogP contribution is -2.40. The molecule has 6 nitrogen and oxygen atoms in total. The summed E-state index contributed by atoms with van der Waals surface area (Å²) in [7, 11) is -3.83. The normalized spacial score (nSPS) is 15.6. The number of para-hydroxylation sites is 1. The molecule has 0 amide bonds. The molecule has 0 spiro atoms. The van der Waals surface area contributed by atoms with E-state index in [4.69, 9.17) is 21.1 Å². The maximum Gasteiger partial charge on any atom is 0.343 e. The van der Waals surface area contributed by atoms with Crippen molar-refractivity contribution in [3.05, 3.63) is 57.5 Å². The van der Waals surface area contributed by atoms with Crippen molar-refractivity contribution in [1.82, 2.24) is 4.31 Å². The molecule has 2 aromatic rings. The number of morpholine rings is 1. The minimum Gasteiger partial charge on any atom is -0.422 e. The standard InChI is InChI=1S/C17H15BrClNO5S/c18-13-3-1-2-4-15(13)25-17(21)12-5-6-14(19)16(11-12)26(22,23)20-7-9-24-10-8-20/h1-6,11H,7-10H2. The molecule has 1 fully saturated rings. The van der Waals surface area contributed by atoms with E-state index in [9.17, 15) is 13.2 Å². The van der Waals surface area contributed by atoms with Crippen molar-refractivity contribution >= 4 is 43.5 Å². The molecule has 1 heterocycles. The molecule has 1 aliphatic rings. The Morgan fingerprint density at radius 2 is 1.85 bits per heavy atom. The van der Waals surface area contributed by atoms with Crippen molar-refractivity contribution in [3.8, 4) is 5.75 Å². The van der Waals surface area contributed by atoms with Crippen LogP contribution in [0.5, 0.6) is 5.75 Å². The van der Waals surface area contributed by atoms with Gasteiger partial charge in [-0.1, -0.05) is 23.7 Å². The zero-order chi connectivity index (χ0) is 18.7. The van der Waals surface area contributed by atoms with Gasteiger partial charge in [0.1, 0.15) is 10.6 Å². The van der Waals surface area contributed by atoms with Crippen molar-refractivity contribution in [1.29, 1.82) is 0 Å². The highest BCUT2D eigenvalue weighted by Gasteiger charge is 2.29. The number of rotatable bonds is 4. The van der Waals surface area contributed by atoms with Gasteiger partial charge in [0, 0.05) is 13.1 Å². The number of carbonyl (C=O) groups is 1. The van der Waals surface area contributed by atoms with Crippen LogP contribution in [0.1, 0.15) is 10.4 Å². The van der Waals surface area contributed by atoms with Crippen molar-refractivity contribution in [2.24, 2.45) is 0 Å². The first-order chi connectivity index (χ1) is 12.4. The van der Waals surface area contributed by atoms with Gasteiger partial charge >= 0.3 is 5.97 Å². The molecule has 0 aliphatic carbocycles. The second-order valence-electron chi connectivity index (χ2n) is 5.48. The molecule has 138 valence electrons. The molecule has 26 heavy (non-hydrogen) atoms. The summed E-state index contributed by atoms with van der Waals surface area (Å²) in [5.41, 5.74) is 0.0944. The molecule has 1 saturated heterocycles. The zero-order valence-corrected chi connectivity index (χ0v) is 16.7. The lowest BCUT2D eigenvalue weighted by Gasteiger charge is -2.26. The molecule has 0 atom stereocenters. The summed E-state index contributed by atoms with van der Waals surface area (Å²) in [6, 6.07) is 10.9. The number of benzene rings is 2. The molecule has 3 rings (SSSR count). The minimum absolute atomic E-state index is 0.0499. The van der Waals surface area contributed by atoms with E-state index in [0.717, 1.165) is 0 Å². The van der Waals surface area contributed by atoms with Crippen LogP contribution in [0.2, 0.25) is 5.02 Å². The number of hydrogen-bond acceptors (Lipinski definition) is 5. The van der Waals surface area contributed by atoms with E-state index in [0.29, 0.717) is 23.4 Å². The zero-order valence-electron chi connectivity index (χ0n) is 13.5. The van der Waals surface area contributed by atoms with E-state index < -0.39 is 16.0 Å². The molecule has 0 saturated carbocycles. The average molecular weight is 461 g/mol. The molecule has 0 bridgehead atoms. The van der Waals surface area contributed by atoms with Crippen LogP contribution < -0.4 is 4.74 Å². The highest BCUT2D eigenvalue weighted by atomic mass is 79.9. The molecule has 1 aliphatic heterocycles. The summed E-state index contributed by atoms with van der Waals surface area (Å²) in [6.45, 7) is 1.12. The smallest absolute Gasteiger partial charge is 0.343 e. The molecule has 0 aromatic heterocycles. The van der Waals surface area contributed by atoms with Gasteiger partial charge in [-0.15, -0.1) is 0 Å². The van der Waals surface area contributed by atoms with E-state index in [1.54, 1.807) is 24.3 Å². The van der Waals surface area contributed by atoms with Gasteiger partial charge in [-0.05, 0) is 46.3 Å². The van der Waals surface area contributed by atoms with E-state index in [2.05, 4.69) is 15.9 Å². The second kappa shape index (κ2) is 8.06. The Morgan fingerprint density at radius 1 is 1.15 bits per heavy atom. The fourth-order valence-electron chi connectivity index (χ4n) is 2.44. The number of sulfonamides is 1. The van der Waals surface area contributed by atoms with E-state index >= 15 is 0 Å². The van der Waals surface area contributed by atoms with Gasteiger partial charge in [-0.3, -0.25) is 0 Å². The van der Waals surface area contributed by atoms with Crippen molar-refractivity contribution in [3.63, 3.8) is 0 Å². The first-order valence-corrected chi connectivity index (χ1v) is 10.3. The third-order valence-electron chi connectivity index (χ3n) is 3.79. The van der Waals surface area contributed by atoms with E-state index in [1.807, 2.05) is 0 Å². The number of carbonyl (C=O) groups excluding carboxylic acids is 1. The Morgan fingerprint density at radius 3 is 2.54 bits per heavy atom. The van der Waals surface area contributed by atoms with Gasteiger partial charge < -0.3 is 9.47 Å². The van der Waals surface area contributed by atoms with Crippen LogP contribution in [-0.2, 0) is 14.8 Å². The van der Waals surface area contributed by atoms with Crippen LogP contribution in [0.15, 0.2) is 51.8 Å². The molecule has 9 heteroatoms. The van der Waals surface area contributed by atoms with E-state index in [1.165, 1.54) is 22.5 Å². The predicted molar refractivity (Wildman–Crippen MR) is 100 cm³/mol. The molecule has 0 radical (unpaired) electrons. The topological polar surface area (TPSA) is 72.9 Å². The van der Waals surface area contributed by atoms with Gasteiger partial charge in [0.2, 0.25) is 10.0 Å². The number of esters is 1. The maximum atomic E-state index is 12.8. The number of hydrogen-bond donors (Lipinski definition) is 0. The van der Waals surface area contributed by atoms with Crippen LogP contribution in [0.3, 0.4) is 0 Å². The largest absolute Gasteiger partial charge is 0.422 e. The second-order valence-corrected chi connectivity index (χ2v) is 8.65. The average Bonchev–Trinajstić information content (AvgIpc) is 2.64. The summed E-state index contributed by atoms with van der Waals surface area (Å²) < 4.78 is 38.1. The molecule has 2 aromatic carbocycles. The molecular formula is C17H15BrClNO5S. The number of nitrogens with zero attached hydrogens (tertiary/aromatic N) is 1. The summed E-state index contributed by atoms with van der Waals surface area (Å²) in [5.74, 6) is -0.336. The van der Waals surface area contributed by atoms with Gasteiger partial charge in [-0.25, -0.2) is 13.2 Å². The number of halogens is 2. The molecule has 0 unspecified atom stereocenters. The van der Waals surface area contributed by atoms with Crippen LogP contribution in [0.25, 0.3) is 0 Å². The van der Waals surface area contributed by atoms with Crippen LogP contribution in [-0.4, -0.2) is 45.0 Å². The van der Waals surface area contributed by atoms with E-state index in [-0.39, 0.29) is 28.6 Å². The van der Waals surface area contributed by atoms with Crippen LogP contribution in [0.4, 0.5) is 0 Å². The van der Waals surface area contributed by atoms with Crippen molar-refractivity contribution in [2.45, 2.75) is 4.90 Å². The Hall–Kier alpha value is -1.45. The summed E-state index contributed by atoms with van der Waals surface area (Å²) >= 11 is 9.39. The van der Waals surface area contributed by atoms with Gasteiger partial charge in [0.15, 0.2) is 0 Å². The summed E-state index contributed by atoms with van der Waals surface area (Å²) in [5, 5.41) is 0.0499. The van der Waals surface area contributed by atoms with Crippen molar-refractivity contribution < 1.29 is 22.7 Å². The fourth-order valence-corrected chi connectivity index (χ4v) is 4.71. The first kappa shape index (κ1) is 19.3. The van der Waals surface area contributed by atoms with Gasteiger partial charge in [-0.2, -0.15) is 4.31 Å². The highest BCUT2D eigenvalue weighted by Crippen LogP contribution is 2.28. The lowest BCUT2D eigenvalue weighted by molar-refractivity contribution is 0.0727. The lowest BCUT2D eigenvalue weighted by atomic mass is 10.2. The minimum atomic E-state index is -3.83. The van der Waals surface area contributed by atoms with Crippen LogP contribution in [0, 0.1) is 0 Å². The Kier molecular flexibility index (Phi) is 5.99. The number of ether oxygens (including phenoxy) is 2. The quantitative estimate of drug-likeness (QED) is 0.517. The Bertz CT molecular complexity index is 929. The molecule has 0 N–H and O–H groups in total. The Balaban J connectivity index is 1.90. The monoisotopic (exact) mass is 459 g/mol. The SMILES string of the molecule is O=C(Oc1ccccc1Br)c1ccc(Cl)c(S(=O)(=O)N2CCOCC2)c1. The molecular weight excluding hydrogens is 446 g/mol. The third-order valence-corrected chi connectivity index (χ3v) is 6.83. The van der Waals surface area contributed by atoms with Gasteiger partial charge in [0.05, 0.1) is 28.3 Å². The predicted octanol–water partition coefficient (Wildman–Crippen LogP) is 3.34. The van der Waals surface area contributed by atoms with Gasteiger partial charge in [0.25, 0.3) is 0 Å². The third kappa shape index (κ3) is 4.10. The van der Waals surface area contributed by atoms with Crippen molar-refractivity contribution in [2.75, 3.05) is 26.3 Å². The fraction of sp³-hybridized carbons (Fsp3) is 0.235. The maximum absolute atomic E-state index is 12.8. The summed E-state index contributed by atoms with van der Waals surface area (Å²) in [4.78, 5) is 12.3. The Labute approximate surface area is 164 Å². The highest BCUT2D eigenvalue weighted by molar-refractivity contribution is 9.10. The van der Waals surface area contributed by atoms with Crippen LogP contribution >= 0.6 is 27.5 Å². The first-order valence-electron chi connectivity index (χ1n) is 7.74. The summed E-state index contributed by atoms with van der Waals surface area (Å²) in [6.07, 6.45) is 0.